The van der Waals surface area contributed by atoms with Crippen LogP contribution in [0.4, 0.5) is 0 Å². The molecule has 1 unspecified atom stereocenters. The first kappa shape index (κ1) is 15.5. The predicted molar refractivity (Wildman–Crippen MR) is 86.3 cm³/mol. The fourth-order valence-corrected chi connectivity index (χ4v) is 3.15. The summed E-state index contributed by atoms with van der Waals surface area (Å²) >= 11 is 0. The van der Waals surface area contributed by atoms with Crippen LogP contribution >= 0.6 is 9.24 Å². The summed E-state index contributed by atoms with van der Waals surface area (Å²) in [6.45, 7) is 6.57. The summed E-state index contributed by atoms with van der Waals surface area (Å²) in [6.07, 6.45) is 4.76. The number of esters is 1. The Balaban J connectivity index is 1.99. The molecule has 0 bridgehead atoms. The molecule has 1 aliphatic rings. The maximum Gasteiger partial charge on any atom is 0.309 e. The Morgan fingerprint density at radius 2 is 1.70 bits per heavy atom. The topological polar surface area (TPSA) is 26.3 Å². The molecule has 0 radical (unpaired) electrons. The van der Waals surface area contributed by atoms with Crippen molar-refractivity contribution in [2.75, 3.05) is 6.16 Å². The Morgan fingerprint density at radius 3 is 2.20 bits per heavy atom. The summed E-state index contributed by atoms with van der Waals surface area (Å²) in [5.41, 5.74) is 5.63. The molecule has 110 valence electrons. The molecular weight excluding hydrogens is 267 g/mol. The number of benzene rings is 1. The largest absolute Gasteiger partial charge is 0.462 e. The number of carbonyl (C=O) groups excluding carboxylic acids is 1. The number of aryl methyl sites for hydroxylation is 2. The van der Waals surface area contributed by atoms with Crippen LogP contribution < -0.4 is 0 Å². The number of hydrogen-bond donors (Lipinski definition) is 0. The molecule has 0 saturated heterocycles. The van der Waals surface area contributed by atoms with E-state index < -0.39 is 0 Å². The molecule has 1 atom stereocenters. The van der Waals surface area contributed by atoms with Crippen molar-refractivity contribution in [2.24, 2.45) is 0 Å². The summed E-state index contributed by atoms with van der Waals surface area (Å²) in [6, 6.07) is 4.67. The first-order chi connectivity index (χ1) is 9.51. The Bertz CT molecular complexity index is 465. The van der Waals surface area contributed by atoms with Crippen molar-refractivity contribution in [3.05, 3.63) is 34.4 Å². The van der Waals surface area contributed by atoms with E-state index in [0.717, 1.165) is 25.7 Å². The van der Waals surface area contributed by atoms with Gasteiger partial charge in [0.2, 0.25) is 0 Å². The van der Waals surface area contributed by atoms with Crippen LogP contribution in [0.1, 0.15) is 53.9 Å². The van der Waals surface area contributed by atoms with E-state index in [9.17, 15) is 4.79 Å². The second kappa shape index (κ2) is 6.72. The minimum atomic E-state index is -0.0968. The van der Waals surface area contributed by atoms with Gasteiger partial charge in [-0.25, -0.2) is 0 Å². The van der Waals surface area contributed by atoms with E-state index in [1.165, 1.54) is 22.3 Å². The number of carbonyl (C=O) groups is 1. The van der Waals surface area contributed by atoms with Gasteiger partial charge in [0, 0.05) is 0 Å². The number of rotatable bonds is 3. The fraction of sp³-hybridized carbons (Fsp3) is 0.588. The van der Waals surface area contributed by atoms with Crippen molar-refractivity contribution in [1.82, 2.24) is 0 Å². The van der Waals surface area contributed by atoms with E-state index in [1.54, 1.807) is 0 Å². The molecule has 0 aromatic heterocycles. The van der Waals surface area contributed by atoms with Crippen molar-refractivity contribution in [1.29, 1.82) is 0 Å². The van der Waals surface area contributed by atoms with Gasteiger partial charge < -0.3 is 4.74 Å². The lowest BCUT2D eigenvalue weighted by Crippen LogP contribution is -2.24. The molecule has 1 fully saturated rings. The van der Waals surface area contributed by atoms with Crippen LogP contribution in [0.15, 0.2) is 12.1 Å². The quantitative estimate of drug-likeness (QED) is 0.620. The molecule has 20 heavy (non-hydrogen) atoms. The van der Waals surface area contributed by atoms with Crippen LogP contribution in [0.3, 0.4) is 0 Å². The predicted octanol–water partition coefficient (Wildman–Crippen LogP) is 4.06. The van der Waals surface area contributed by atoms with Gasteiger partial charge in [0.15, 0.2) is 0 Å². The molecular formula is C17H25O2P. The first-order valence-corrected chi connectivity index (χ1v) is 8.30. The lowest BCUT2D eigenvalue weighted by Gasteiger charge is -2.29. The van der Waals surface area contributed by atoms with E-state index in [2.05, 4.69) is 42.1 Å². The van der Waals surface area contributed by atoms with Gasteiger partial charge in [-0.05, 0) is 74.6 Å². The molecule has 1 saturated carbocycles. The van der Waals surface area contributed by atoms with Crippen LogP contribution in [0.5, 0.6) is 0 Å². The molecule has 0 heterocycles. The molecule has 2 rings (SSSR count). The summed E-state index contributed by atoms with van der Waals surface area (Å²) in [5.74, 6) is 0.527. The molecule has 0 spiro atoms. The van der Waals surface area contributed by atoms with Gasteiger partial charge in [-0.1, -0.05) is 12.1 Å². The Kier molecular flexibility index (Phi) is 5.21. The zero-order chi connectivity index (χ0) is 14.7. The highest BCUT2D eigenvalue weighted by Crippen LogP contribution is 2.35. The minimum absolute atomic E-state index is 0.0968. The van der Waals surface area contributed by atoms with E-state index in [4.69, 9.17) is 4.74 Å². The average molecular weight is 292 g/mol. The van der Waals surface area contributed by atoms with Crippen molar-refractivity contribution >= 4 is 15.2 Å². The zero-order valence-electron chi connectivity index (χ0n) is 12.7. The fourth-order valence-electron chi connectivity index (χ4n) is 3.05. The van der Waals surface area contributed by atoms with Crippen molar-refractivity contribution in [2.45, 2.75) is 58.5 Å². The van der Waals surface area contributed by atoms with Gasteiger partial charge >= 0.3 is 5.97 Å². The van der Waals surface area contributed by atoms with Crippen LogP contribution in [-0.4, -0.2) is 18.2 Å². The zero-order valence-corrected chi connectivity index (χ0v) is 13.9. The summed E-state index contributed by atoms with van der Waals surface area (Å²) in [7, 11) is 2.42. The van der Waals surface area contributed by atoms with E-state index in [-0.39, 0.29) is 12.1 Å². The van der Waals surface area contributed by atoms with Crippen LogP contribution in [0, 0.1) is 20.8 Å². The van der Waals surface area contributed by atoms with E-state index in [1.807, 2.05) is 0 Å². The van der Waals surface area contributed by atoms with E-state index >= 15 is 0 Å². The lowest BCUT2D eigenvalue weighted by atomic mass is 9.81. The van der Waals surface area contributed by atoms with Crippen molar-refractivity contribution in [3.63, 3.8) is 0 Å². The summed E-state index contributed by atoms with van der Waals surface area (Å²) in [4.78, 5) is 11.3. The van der Waals surface area contributed by atoms with Crippen LogP contribution in [-0.2, 0) is 9.53 Å². The monoisotopic (exact) mass is 292 g/mol. The van der Waals surface area contributed by atoms with Gasteiger partial charge in [0.25, 0.3) is 0 Å². The smallest absolute Gasteiger partial charge is 0.309 e. The third-order valence-electron chi connectivity index (χ3n) is 4.56. The molecule has 1 aromatic carbocycles. The minimum Gasteiger partial charge on any atom is -0.462 e. The van der Waals surface area contributed by atoms with Crippen LogP contribution in [0.25, 0.3) is 0 Å². The van der Waals surface area contributed by atoms with Crippen molar-refractivity contribution < 1.29 is 9.53 Å². The highest BCUT2D eigenvalue weighted by atomic mass is 31.0. The maximum absolute atomic E-state index is 11.3. The maximum atomic E-state index is 11.3. The average Bonchev–Trinajstić information content (AvgIpc) is 2.45. The Hall–Kier alpha value is -0.880. The first-order valence-electron chi connectivity index (χ1n) is 7.48. The second-order valence-corrected chi connectivity index (χ2v) is 6.36. The standard InChI is InChI=1S/C17H25O2P/c1-11-8-15(9-12(2)13(11)3)14-4-6-16(7-5-14)19-17(18)10-20/h8-9,14,16H,4-7,10,20H2,1-3H3. The molecule has 1 aromatic rings. The normalized spacial score (nSPS) is 22.6. The highest BCUT2D eigenvalue weighted by Gasteiger charge is 2.24. The SMILES string of the molecule is Cc1cc(C2CCC(OC(=O)CP)CC2)cc(C)c1C. The molecule has 1 aliphatic carbocycles. The van der Waals surface area contributed by atoms with Gasteiger partial charge in [0.05, 0.1) is 6.16 Å². The van der Waals surface area contributed by atoms with E-state index in [0.29, 0.717) is 12.1 Å². The summed E-state index contributed by atoms with van der Waals surface area (Å²) < 4.78 is 5.43. The second-order valence-electron chi connectivity index (χ2n) is 5.95. The highest BCUT2D eigenvalue weighted by molar-refractivity contribution is 7.18. The molecule has 0 aliphatic heterocycles. The number of ether oxygens (including phenoxy) is 1. The third-order valence-corrected chi connectivity index (χ3v) is 4.89. The molecule has 0 amide bonds. The Morgan fingerprint density at radius 1 is 1.15 bits per heavy atom. The molecule has 3 heteroatoms. The lowest BCUT2D eigenvalue weighted by molar-refractivity contribution is -0.147. The van der Waals surface area contributed by atoms with Gasteiger partial charge in [-0.2, -0.15) is 0 Å². The van der Waals surface area contributed by atoms with Gasteiger partial charge in [0.1, 0.15) is 6.10 Å². The Labute approximate surface area is 124 Å². The number of hydrogen-bond acceptors (Lipinski definition) is 2. The summed E-state index contributed by atoms with van der Waals surface area (Å²) in [5, 5.41) is 0. The molecule has 0 N–H and O–H groups in total. The third kappa shape index (κ3) is 3.61. The van der Waals surface area contributed by atoms with Gasteiger partial charge in [-0.15, -0.1) is 9.24 Å². The van der Waals surface area contributed by atoms with Crippen molar-refractivity contribution in [3.8, 4) is 0 Å². The van der Waals surface area contributed by atoms with Gasteiger partial charge in [-0.3, -0.25) is 4.79 Å². The molecule has 2 nitrogen and oxygen atoms in total. The van der Waals surface area contributed by atoms with Crippen LogP contribution in [0.2, 0.25) is 0 Å².